The maximum atomic E-state index is 13.8. The molecule has 0 saturated carbocycles. The summed E-state index contributed by atoms with van der Waals surface area (Å²) in [6, 6.07) is 18.5. The van der Waals surface area contributed by atoms with Crippen molar-refractivity contribution in [2.75, 3.05) is 0 Å². The second kappa shape index (κ2) is 9.36. The average Bonchev–Trinajstić information content (AvgIpc) is 3.24. The van der Waals surface area contributed by atoms with Crippen LogP contribution in [0.15, 0.2) is 72.9 Å². The largest absolute Gasteiger partial charge is 0.417 e. The van der Waals surface area contributed by atoms with E-state index < -0.39 is 17.3 Å². The zero-order valence-electron chi connectivity index (χ0n) is 18.4. The lowest BCUT2D eigenvalue weighted by atomic mass is 10.0. The van der Waals surface area contributed by atoms with Gasteiger partial charge in [0.15, 0.2) is 0 Å². The van der Waals surface area contributed by atoms with Gasteiger partial charge in [-0.2, -0.15) is 13.2 Å². The Bertz CT molecular complexity index is 1330. The molecule has 0 fully saturated rings. The minimum Gasteiger partial charge on any atom is -0.384 e. The van der Waals surface area contributed by atoms with Crippen LogP contribution < -0.4 is 0 Å². The fourth-order valence-corrected chi connectivity index (χ4v) is 4.57. The minimum atomic E-state index is -4.55. The lowest BCUT2D eigenvalue weighted by molar-refractivity contribution is -0.137. The normalized spacial score (nSPS) is 12.2. The first-order valence-electron chi connectivity index (χ1n) is 10.4. The summed E-state index contributed by atoms with van der Waals surface area (Å²) in [5, 5.41) is 11.2. The summed E-state index contributed by atoms with van der Waals surface area (Å²) in [4.78, 5) is 4.42. The highest BCUT2D eigenvalue weighted by atomic mass is 127. The van der Waals surface area contributed by atoms with Crippen LogP contribution in [-0.2, 0) is 16.2 Å². The van der Waals surface area contributed by atoms with Crippen molar-refractivity contribution in [3.8, 4) is 28.2 Å². The molecule has 176 valence electrons. The Morgan fingerprint density at radius 2 is 1.65 bits per heavy atom. The van der Waals surface area contributed by atoms with E-state index >= 15 is 0 Å². The minimum absolute atomic E-state index is 0.0560. The number of halogens is 5. The van der Waals surface area contributed by atoms with E-state index in [0.717, 1.165) is 27.2 Å². The van der Waals surface area contributed by atoms with Gasteiger partial charge in [-0.3, -0.25) is 4.57 Å². The summed E-state index contributed by atoms with van der Waals surface area (Å²) in [7, 11) is 0. The van der Waals surface area contributed by atoms with Crippen LogP contribution in [0.3, 0.4) is 0 Å². The monoisotopic (exact) mass is 596 g/mol. The van der Waals surface area contributed by atoms with Crippen molar-refractivity contribution in [1.82, 2.24) is 9.55 Å². The maximum Gasteiger partial charge on any atom is 0.417 e. The van der Waals surface area contributed by atoms with Crippen LogP contribution in [-0.4, -0.2) is 14.7 Å². The quantitative estimate of drug-likeness (QED) is 0.187. The van der Waals surface area contributed by atoms with Crippen molar-refractivity contribution in [1.29, 1.82) is 0 Å². The third-order valence-electron chi connectivity index (χ3n) is 5.47. The molecule has 0 aliphatic carbocycles. The lowest BCUT2D eigenvalue weighted by Crippen LogP contribution is -2.15. The summed E-state index contributed by atoms with van der Waals surface area (Å²) >= 11 is 8.42. The topological polar surface area (TPSA) is 38.0 Å². The molecule has 0 amide bonds. The molecule has 4 rings (SSSR count). The Kier molecular flexibility index (Phi) is 6.81. The van der Waals surface area contributed by atoms with E-state index in [4.69, 9.17) is 11.6 Å². The number of hydrogen-bond acceptors (Lipinski definition) is 2. The summed E-state index contributed by atoms with van der Waals surface area (Å²) in [5.74, 6) is 0.109. The van der Waals surface area contributed by atoms with E-state index in [2.05, 4.69) is 27.6 Å². The number of rotatable bonds is 5. The molecule has 3 aromatic carbocycles. The van der Waals surface area contributed by atoms with Gasteiger partial charge in [0.25, 0.3) is 0 Å². The van der Waals surface area contributed by atoms with Crippen molar-refractivity contribution >= 4 is 34.2 Å². The highest BCUT2D eigenvalue weighted by molar-refractivity contribution is 14.1. The van der Waals surface area contributed by atoms with Gasteiger partial charge >= 0.3 is 6.18 Å². The molecule has 0 spiro atoms. The van der Waals surface area contributed by atoms with Crippen LogP contribution in [0, 0.1) is 0 Å². The second-order valence-electron chi connectivity index (χ2n) is 8.40. The molecular formula is C26H21ClF3IN2O. The van der Waals surface area contributed by atoms with Gasteiger partial charge < -0.3 is 5.11 Å². The zero-order valence-corrected chi connectivity index (χ0v) is 21.3. The number of benzene rings is 3. The SMILES string of the molecule is CC(C)(O)c1cn(-c2ccc(-c3ccc(Cl)cc3CI)cc2)c(-c2ccccc2C(F)(F)F)n1. The Morgan fingerprint density at radius 3 is 2.26 bits per heavy atom. The molecular weight excluding hydrogens is 576 g/mol. The number of imidazole rings is 1. The van der Waals surface area contributed by atoms with Gasteiger partial charge in [-0.25, -0.2) is 4.98 Å². The van der Waals surface area contributed by atoms with E-state index in [1.807, 2.05) is 42.5 Å². The number of alkyl halides is 4. The van der Waals surface area contributed by atoms with E-state index in [1.54, 1.807) is 30.7 Å². The summed E-state index contributed by atoms with van der Waals surface area (Å²) in [6.45, 7) is 3.10. The van der Waals surface area contributed by atoms with Gasteiger partial charge in [0, 0.05) is 26.9 Å². The first-order chi connectivity index (χ1) is 16.0. The maximum absolute atomic E-state index is 13.8. The summed E-state index contributed by atoms with van der Waals surface area (Å²) in [6.07, 6.45) is -2.97. The Labute approximate surface area is 214 Å². The zero-order chi connectivity index (χ0) is 24.7. The fourth-order valence-electron chi connectivity index (χ4n) is 3.74. The molecule has 0 saturated heterocycles. The van der Waals surface area contributed by atoms with Gasteiger partial charge in [-0.15, -0.1) is 0 Å². The van der Waals surface area contributed by atoms with E-state index in [0.29, 0.717) is 10.7 Å². The number of aromatic nitrogens is 2. The third kappa shape index (κ3) is 5.01. The molecule has 0 aliphatic heterocycles. The third-order valence-corrected chi connectivity index (χ3v) is 6.53. The van der Waals surface area contributed by atoms with Gasteiger partial charge in [0.05, 0.1) is 11.3 Å². The van der Waals surface area contributed by atoms with Crippen LogP contribution in [0.4, 0.5) is 13.2 Å². The van der Waals surface area contributed by atoms with Crippen LogP contribution in [0.25, 0.3) is 28.2 Å². The van der Waals surface area contributed by atoms with Crippen molar-refractivity contribution in [2.24, 2.45) is 0 Å². The number of hydrogen-bond donors (Lipinski definition) is 1. The summed E-state index contributed by atoms with van der Waals surface area (Å²) in [5.41, 5.74) is 1.83. The highest BCUT2D eigenvalue weighted by Crippen LogP contribution is 2.38. The standard InChI is InChI=1S/C26H21ClF3IN2O/c1-25(2,34)23-15-33(24(32-23)21-5-3-4-6-22(21)26(28,29)30)19-10-7-16(8-11-19)20-12-9-18(27)13-17(20)14-31/h3-13,15,34H,14H2,1-2H3. The van der Waals surface area contributed by atoms with Crippen molar-refractivity contribution in [3.63, 3.8) is 0 Å². The molecule has 4 aromatic rings. The van der Waals surface area contributed by atoms with Crippen molar-refractivity contribution < 1.29 is 18.3 Å². The van der Waals surface area contributed by atoms with Crippen molar-refractivity contribution in [2.45, 2.75) is 30.1 Å². The molecule has 0 unspecified atom stereocenters. The average molecular weight is 597 g/mol. The van der Waals surface area contributed by atoms with Gasteiger partial charge in [0.1, 0.15) is 11.4 Å². The smallest absolute Gasteiger partial charge is 0.384 e. The van der Waals surface area contributed by atoms with Crippen LogP contribution in [0.1, 0.15) is 30.7 Å². The van der Waals surface area contributed by atoms with E-state index in [9.17, 15) is 18.3 Å². The molecule has 0 radical (unpaired) electrons. The molecule has 34 heavy (non-hydrogen) atoms. The van der Waals surface area contributed by atoms with Crippen LogP contribution >= 0.6 is 34.2 Å². The molecule has 1 aromatic heterocycles. The predicted molar refractivity (Wildman–Crippen MR) is 137 cm³/mol. The van der Waals surface area contributed by atoms with Crippen molar-refractivity contribution in [3.05, 3.63) is 94.8 Å². The van der Waals surface area contributed by atoms with Crippen LogP contribution in [0.5, 0.6) is 0 Å². The predicted octanol–water partition coefficient (Wildman–Crippen LogP) is 8.04. The summed E-state index contributed by atoms with van der Waals surface area (Å²) < 4.78 is 43.6. The lowest BCUT2D eigenvalue weighted by Gasteiger charge is -2.14. The Morgan fingerprint density at radius 1 is 0.971 bits per heavy atom. The molecule has 0 bridgehead atoms. The molecule has 1 N–H and O–H groups in total. The molecule has 0 atom stereocenters. The number of aliphatic hydroxyl groups is 1. The Hall–Kier alpha value is -2.36. The first kappa shape index (κ1) is 24.8. The van der Waals surface area contributed by atoms with Gasteiger partial charge in [-0.1, -0.05) is 70.6 Å². The Balaban J connectivity index is 1.86. The molecule has 8 heteroatoms. The van der Waals surface area contributed by atoms with E-state index in [1.165, 1.54) is 12.1 Å². The van der Waals surface area contributed by atoms with E-state index in [-0.39, 0.29) is 17.1 Å². The first-order valence-corrected chi connectivity index (χ1v) is 12.3. The fraction of sp³-hybridized carbons (Fsp3) is 0.192. The second-order valence-corrected chi connectivity index (χ2v) is 9.60. The van der Waals surface area contributed by atoms with Crippen LogP contribution in [0.2, 0.25) is 5.02 Å². The number of nitrogens with zero attached hydrogens (tertiary/aromatic N) is 2. The highest BCUT2D eigenvalue weighted by Gasteiger charge is 2.35. The van der Waals surface area contributed by atoms with Gasteiger partial charge in [-0.05, 0) is 60.9 Å². The molecule has 1 heterocycles. The molecule has 0 aliphatic rings. The molecule has 3 nitrogen and oxygen atoms in total. The van der Waals surface area contributed by atoms with Gasteiger partial charge in [0.2, 0.25) is 0 Å².